The minimum absolute atomic E-state index is 0.0657. The van der Waals surface area contributed by atoms with Crippen molar-refractivity contribution < 1.29 is 4.79 Å². The van der Waals surface area contributed by atoms with Gasteiger partial charge in [0.05, 0.1) is 5.41 Å². The van der Waals surface area contributed by atoms with Gasteiger partial charge in [-0.1, -0.05) is 0 Å². The Morgan fingerprint density at radius 2 is 1.90 bits per heavy atom. The zero-order valence-electron chi connectivity index (χ0n) is 11.7. The first-order chi connectivity index (χ1) is 9.83. The second-order valence-corrected chi connectivity index (χ2v) is 8.23. The molecule has 1 aromatic heterocycles. The van der Waals surface area contributed by atoms with Crippen LogP contribution >= 0.6 is 39.1 Å². The second kappa shape index (κ2) is 5.28. The molecule has 7 heteroatoms. The lowest BCUT2D eigenvalue weighted by Crippen LogP contribution is -2.51. The monoisotopic (exact) mass is 391 g/mol. The van der Waals surface area contributed by atoms with Gasteiger partial charge in [0.2, 0.25) is 5.91 Å². The molecule has 1 amide bonds. The van der Waals surface area contributed by atoms with Gasteiger partial charge in [0.25, 0.3) is 0 Å². The van der Waals surface area contributed by atoms with Crippen molar-refractivity contribution in [1.82, 2.24) is 9.88 Å². The number of carbonyl (C=O) groups excluding carboxylic acids is 1. The fourth-order valence-corrected chi connectivity index (χ4v) is 3.61. The van der Waals surface area contributed by atoms with Crippen LogP contribution in [0.4, 0.5) is 5.82 Å². The zero-order valence-corrected chi connectivity index (χ0v) is 14.7. The van der Waals surface area contributed by atoms with Gasteiger partial charge in [-0.15, -0.1) is 23.2 Å². The lowest BCUT2D eigenvalue weighted by atomic mass is 10.1. The molecule has 1 aromatic rings. The van der Waals surface area contributed by atoms with Gasteiger partial charge in [-0.3, -0.25) is 4.79 Å². The predicted octanol–water partition coefficient (Wildman–Crippen LogP) is 3.08. The van der Waals surface area contributed by atoms with Gasteiger partial charge in [-0.25, -0.2) is 4.98 Å². The van der Waals surface area contributed by atoms with Crippen LogP contribution in [0.5, 0.6) is 0 Å². The Hall–Kier alpha value is -0.520. The van der Waals surface area contributed by atoms with Gasteiger partial charge < -0.3 is 9.80 Å². The number of aromatic nitrogens is 1. The summed E-state index contributed by atoms with van der Waals surface area (Å²) in [6.07, 6.45) is 2.32. The molecule has 3 rings (SSSR count). The van der Waals surface area contributed by atoms with E-state index >= 15 is 0 Å². The minimum Gasteiger partial charge on any atom is -0.353 e. The summed E-state index contributed by atoms with van der Waals surface area (Å²) in [5.74, 6) is 1.00. The second-order valence-electron chi connectivity index (χ2n) is 5.83. The molecule has 2 aliphatic rings. The molecule has 0 unspecified atom stereocenters. The molecule has 1 aliphatic heterocycles. The molecule has 0 spiro atoms. The van der Waals surface area contributed by atoms with E-state index in [2.05, 4.69) is 25.8 Å². The van der Waals surface area contributed by atoms with Crippen LogP contribution in [0, 0.1) is 5.41 Å². The molecule has 2 heterocycles. The first-order valence-electron chi connectivity index (χ1n) is 6.87. The first-order valence-corrected chi connectivity index (χ1v) is 8.42. The number of pyridine rings is 1. The van der Waals surface area contributed by atoms with E-state index in [1.54, 1.807) is 6.20 Å². The number of rotatable bonds is 2. The topological polar surface area (TPSA) is 36.4 Å². The van der Waals surface area contributed by atoms with Gasteiger partial charge in [-0.05, 0) is 41.4 Å². The zero-order chi connectivity index (χ0) is 15.3. The summed E-state index contributed by atoms with van der Waals surface area (Å²) in [7, 11) is 0. The highest BCUT2D eigenvalue weighted by molar-refractivity contribution is 9.10. The summed E-state index contributed by atoms with van der Waals surface area (Å²) in [6, 6.07) is 3.95. The molecule has 21 heavy (non-hydrogen) atoms. The van der Waals surface area contributed by atoms with Crippen molar-refractivity contribution in [3.63, 3.8) is 0 Å². The van der Waals surface area contributed by atoms with Crippen molar-refractivity contribution in [2.45, 2.75) is 17.7 Å². The van der Waals surface area contributed by atoms with E-state index in [0.29, 0.717) is 19.5 Å². The van der Waals surface area contributed by atoms with E-state index in [-0.39, 0.29) is 5.91 Å². The number of nitrogens with zero attached hydrogens (tertiary/aromatic N) is 3. The van der Waals surface area contributed by atoms with E-state index in [4.69, 9.17) is 23.2 Å². The smallest absolute Gasteiger partial charge is 0.231 e. The number of amides is 1. The summed E-state index contributed by atoms with van der Waals surface area (Å²) in [5, 5.41) is 0. The maximum Gasteiger partial charge on any atom is 0.231 e. The van der Waals surface area contributed by atoms with E-state index in [0.717, 1.165) is 23.4 Å². The summed E-state index contributed by atoms with van der Waals surface area (Å²) in [6.45, 7) is 4.74. The third kappa shape index (κ3) is 2.76. The highest BCUT2D eigenvalue weighted by Gasteiger charge is 2.68. The van der Waals surface area contributed by atoms with Crippen molar-refractivity contribution in [3.8, 4) is 0 Å². The molecule has 1 saturated heterocycles. The largest absolute Gasteiger partial charge is 0.353 e. The average Bonchev–Trinajstić information content (AvgIpc) is 2.99. The number of alkyl halides is 2. The van der Waals surface area contributed by atoms with Crippen molar-refractivity contribution in [3.05, 3.63) is 22.8 Å². The van der Waals surface area contributed by atoms with Crippen LogP contribution in [0.1, 0.15) is 13.3 Å². The van der Waals surface area contributed by atoms with Gasteiger partial charge in [0.15, 0.2) is 0 Å². The van der Waals surface area contributed by atoms with Crippen LogP contribution in [0.25, 0.3) is 0 Å². The van der Waals surface area contributed by atoms with Gasteiger partial charge in [-0.2, -0.15) is 0 Å². The first kappa shape index (κ1) is 15.4. The molecule has 0 bridgehead atoms. The van der Waals surface area contributed by atoms with Crippen LogP contribution in [-0.4, -0.2) is 46.3 Å². The summed E-state index contributed by atoms with van der Waals surface area (Å²) in [5.41, 5.74) is -0.617. The lowest BCUT2D eigenvalue weighted by Gasteiger charge is -2.37. The maximum atomic E-state index is 12.5. The molecular formula is C14H16BrCl2N3O. The molecule has 0 aromatic carbocycles. The third-order valence-electron chi connectivity index (χ3n) is 4.33. The van der Waals surface area contributed by atoms with Gasteiger partial charge in [0, 0.05) is 36.8 Å². The molecule has 0 N–H and O–H groups in total. The molecular weight excluding hydrogens is 377 g/mol. The molecule has 0 radical (unpaired) electrons. The summed E-state index contributed by atoms with van der Waals surface area (Å²) in [4.78, 5) is 20.9. The molecule has 4 nitrogen and oxygen atoms in total. The highest BCUT2D eigenvalue weighted by atomic mass is 79.9. The Kier molecular flexibility index (Phi) is 3.87. The number of hydrogen-bond donors (Lipinski definition) is 0. The fourth-order valence-electron chi connectivity index (χ4n) is 2.67. The number of carbonyl (C=O) groups is 1. The van der Waals surface area contributed by atoms with E-state index in [9.17, 15) is 4.79 Å². The standard InChI is InChI=1S/C14H16BrCl2N3O/c1-13(9-14(13,16)17)12(21)20-6-4-19(5-7-20)11-3-2-10(15)8-18-11/h2-3,8H,4-7,9H2,1H3/t13-/m0/s1. The Bertz CT molecular complexity index is 558. The Balaban J connectivity index is 1.61. The quantitative estimate of drug-likeness (QED) is 0.725. The Labute approximate surface area is 142 Å². The normalized spacial score (nSPS) is 27.6. The minimum atomic E-state index is -0.894. The van der Waals surface area contributed by atoms with Gasteiger partial charge >= 0.3 is 0 Å². The van der Waals surface area contributed by atoms with Crippen molar-refractivity contribution in [2.24, 2.45) is 5.41 Å². The summed E-state index contributed by atoms with van der Waals surface area (Å²) >= 11 is 15.6. The van der Waals surface area contributed by atoms with E-state index in [1.165, 1.54) is 0 Å². The van der Waals surface area contributed by atoms with E-state index < -0.39 is 9.75 Å². The Morgan fingerprint density at radius 1 is 1.29 bits per heavy atom. The number of halogens is 3. The third-order valence-corrected chi connectivity index (χ3v) is 5.90. The van der Waals surface area contributed by atoms with Crippen LogP contribution < -0.4 is 4.90 Å². The van der Waals surface area contributed by atoms with Crippen LogP contribution in [0.2, 0.25) is 0 Å². The molecule has 1 atom stereocenters. The lowest BCUT2D eigenvalue weighted by molar-refractivity contribution is -0.136. The molecule has 114 valence electrons. The average molecular weight is 393 g/mol. The Morgan fingerprint density at radius 3 is 2.38 bits per heavy atom. The molecule has 1 saturated carbocycles. The van der Waals surface area contributed by atoms with Crippen molar-refractivity contribution in [1.29, 1.82) is 0 Å². The SMILES string of the molecule is C[C@@]1(C(=O)N2CCN(c3ccc(Br)cn3)CC2)CC1(Cl)Cl. The van der Waals surface area contributed by atoms with Crippen LogP contribution in [0.3, 0.4) is 0 Å². The molecule has 1 aliphatic carbocycles. The van der Waals surface area contributed by atoms with Crippen LogP contribution in [-0.2, 0) is 4.79 Å². The predicted molar refractivity (Wildman–Crippen MR) is 87.9 cm³/mol. The van der Waals surface area contributed by atoms with E-state index in [1.807, 2.05) is 24.0 Å². The van der Waals surface area contributed by atoms with Gasteiger partial charge in [0.1, 0.15) is 10.2 Å². The summed E-state index contributed by atoms with van der Waals surface area (Å²) < 4.78 is 0.0661. The van der Waals surface area contributed by atoms with Crippen LogP contribution in [0.15, 0.2) is 22.8 Å². The number of anilines is 1. The molecule has 2 fully saturated rings. The number of hydrogen-bond acceptors (Lipinski definition) is 3. The van der Waals surface area contributed by atoms with Crippen molar-refractivity contribution in [2.75, 3.05) is 31.1 Å². The number of piperazine rings is 1. The van der Waals surface area contributed by atoms with Crippen molar-refractivity contribution >= 4 is 50.9 Å². The fraction of sp³-hybridized carbons (Fsp3) is 0.571. The highest BCUT2D eigenvalue weighted by Crippen LogP contribution is 2.64. The maximum absolute atomic E-state index is 12.5.